The Labute approximate surface area is 77.0 Å². The van der Waals surface area contributed by atoms with E-state index in [4.69, 9.17) is 16.3 Å². The van der Waals surface area contributed by atoms with E-state index in [1.54, 1.807) is 19.5 Å². The van der Waals surface area contributed by atoms with Crippen LogP contribution in [0.1, 0.15) is 5.56 Å². The maximum absolute atomic E-state index is 5.60. The van der Waals surface area contributed by atoms with Crippen molar-refractivity contribution >= 4 is 24.0 Å². The minimum Gasteiger partial charge on any atom is -0.495 e. The number of alkyl halides is 1. The fraction of sp³-hybridized carbons (Fsp3) is 0.286. The fourth-order valence-corrected chi connectivity index (χ4v) is 0.924. The van der Waals surface area contributed by atoms with Gasteiger partial charge in [0.25, 0.3) is 0 Å². The first-order chi connectivity index (χ1) is 4.88. The number of nitrogens with zero attached hydrogens (tertiary/aromatic N) is 1. The van der Waals surface area contributed by atoms with Crippen LogP contribution in [0, 0.1) is 0 Å². The summed E-state index contributed by atoms with van der Waals surface area (Å²) in [5.41, 5.74) is 0.971. The van der Waals surface area contributed by atoms with Crippen molar-refractivity contribution in [3.8, 4) is 5.75 Å². The predicted octanol–water partition coefficient (Wildman–Crippen LogP) is 2.25. The number of aromatic nitrogens is 1. The summed E-state index contributed by atoms with van der Waals surface area (Å²) < 4.78 is 4.99. The van der Waals surface area contributed by atoms with Crippen LogP contribution in [0.5, 0.6) is 5.75 Å². The third-order valence-corrected chi connectivity index (χ3v) is 1.52. The van der Waals surface area contributed by atoms with Gasteiger partial charge in [0.2, 0.25) is 0 Å². The Morgan fingerprint density at radius 3 is 2.82 bits per heavy atom. The molecule has 0 amide bonds. The highest BCUT2D eigenvalue weighted by molar-refractivity contribution is 6.17. The zero-order valence-electron chi connectivity index (χ0n) is 6.08. The summed E-state index contributed by atoms with van der Waals surface area (Å²) in [6.07, 6.45) is 3.35. The zero-order valence-corrected chi connectivity index (χ0v) is 7.65. The average molecular weight is 194 g/mol. The molecule has 2 nitrogen and oxygen atoms in total. The number of ether oxygens (including phenoxy) is 1. The molecule has 0 N–H and O–H groups in total. The number of pyridine rings is 1. The number of hydrogen-bond acceptors (Lipinski definition) is 2. The van der Waals surface area contributed by atoms with Gasteiger partial charge in [0.1, 0.15) is 5.75 Å². The Morgan fingerprint density at radius 2 is 2.36 bits per heavy atom. The lowest BCUT2D eigenvalue weighted by Gasteiger charge is -2.02. The quantitative estimate of drug-likeness (QED) is 0.673. The molecule has 4 heteroatoms. The minimum atomic E-state index is 0. The molecular formula is C7H9Cl2NO. The highest BCUT2D eigenvalue weighted by Gasteiger charge is 1.97. The van der Waals surface area contributed by atoms with E-state index in [1.165, 1.54) is 0 Å². The molecule has 0 saturated carbocycles. The lowest BCUT2D eigenvalue weighted by molar-refractivity contribution is 0.409. The summed E-state index contributed by atoms with van der Waals surface area (Å²) in [5, 5.41) is 0. The zero-order chi connectivity index (χ0) is 7.40. The van der Waals surface area contributed by atoms with E-state index in [-0.39, 0.29) is 12.4 Å². The highest BCUT2D eigenvalue weighted by Crippen LogP contribution is 2.16. The molecule has 1 aromatic heterocycles. The Bertz CT molecular complexity index is 194. The Balaban J connectivity index is 0.000001000. The lowest BCUT2D eigenvalue weighted by Crippen LogP contribution is -1.89. The molecule has 11 heavy (non-hydrogen) atoms. The molecule has 0 aliphatic heterocycles. The molecule has 1 heterocycles. The summed E-state index contributed by atoms with van der Waals surface area (Å²) >= 11 is 5.60. The van der Waals surface area contributed by atoms with Crippen LogP contribution in [-0.2, 0) is 5.88 Å². The monoisotopic (exact) mass is 193 g/mol. The van der Waals surface area contributed by atoms with Crippen LogP contribution in [0.25, 0.3) is 0 Å². The van der Waals surface area contributed by atoms with Crippen molar-refractivity contribution in [1.82, 2.24) is 4.98 Å². The van der Waals surface area contributed by atoms with Crippen molar-refractivity contribution in [2.45, 2.75) is 5.88 Å². The van der Waals surface area contributed by atoms with E-state index < -0.39 is 0 Å². The number of hydrogen-bond donors (Lipinski definition) is 0. The smallest absolute Gasteiger partial charge is 0.141 e. The van der Waals surface area contributed by atoms with E-state index >= 15 is 0 Å². The fourth-order valence-electron chi connectivity index (χ4n) is 0.703. The van der Waals surface area contributed by atoms with Crippen LogP contribution in [0.3, 0.4) is 0 Å². The topological polar surface area (TPSA) is 22.1 Å². The maximum Gasteiger partial charge on any atom is 0.141 e. The molecule has 0 aliphatic rings. The van der Waals surface area contributed by atoms with Gasteiger partial charge in [-0.15, -0.1) is 24.0 Å². The maximum atomic E-state index is 5.60. The van der Waals surface area contributed by atoms with Crippen LogP contribution in [0.2, 0.25) is 0 Å². The minimum absolute atomic E-state index is 0. The third-order valence-electron chi connectivity index (χ3n) is 1.23. The van der Waals surface area contributed by atoms with Crippen molar-refractivity contribution < 1.29 is 4.74 Å². The predicted molar refractivity (Wildman–Crippen MR) is 47.6 cm³/mol. The van der Waals surface area contributed by atoms with Gasteiger partial charge in [-0.2, -0.15) is 0 Å². The van der Waals surface area contributed by atoms with E-state index in [0.29, 0.717) is 5.88 Å². The molecular weight excluding hydrogens is 185 g/mol. The number of halogens is 2. The van der Waals surface area contributed by atoms with E-state index in [0.717, 1.165) is 11.3 Å². The number of rotatable bonds is 2. The third kappa shape index (κ3) is 2.56. The normalized spacial score (nSPS) is 8.55. The Morgan fingerprint density at radius 1 is 1.64 bits per heavy atom. The van der Waals surface area contributed by atoms with Crippen LogP contribution in [0.15, 0.2) is 18.5 Å². The van der Waals surface area contributed by atoms with Gasteiger partial charge in [0, 0.05) is 11.8 Å². The first-order valence-electron chi connectivity index (χ1n) is 2.91. The van der Waals surface area contributed by atoms with Crippen molar-refractivity contribution in [2.75, 3.05) is 7.11 Å². The molecule has 0 saturated heterocycles. The van der Waals surface area contributed by atoms with Gasteiger partial charge in [-0.25, -0.2) is 0 Å². The molecule has 0 aromatic carbocycles. The molecule has 1 rings (SSSR count). The molecule has 0 radical (unpaired) electrons. The summed E-state index contributed by atoms with van der Waals surface area (Å²) in [6, 6.07) is 1.84. The molecule has 0 spiro atoms. The van der Waals surface area contributed by atoms with Gasteiger partial charge >= 0.3 is 0 Å². The SMILES string of the molecule is COc1cnccc1CCl.Cl. The van der Waals surface area contributed by atoms with E-state index in [9.17, 15) is 0 Å². The van der Waals surface area contributed by atoms with Crippen molar-refractivity contribution in [2.24, 2.45) is 0 Å². The first-order valence-corrected chi connectivity index (χ1v) is 3.44. The van der Waals surface area contributed by atoms with E-state index in [1.807, 2.05) is 6.07 Å². The second kappa shape index (κ2) is 5.22. The Hall–Kier alpha value is -0.470. The van der Waals surface area contributed by atoms with Crippen molar-refractivity contribution in [3.63, 3.8) is 0 Å². The first kappa shape index (κ1) is 10.5. The van der Waals surface area contributed by atoms with E-state index in [2.05, 4.69) is 4.98 Å². The Kier molecular flexibility index (Phi) is 4.99. The summed E-state index contributed by atoms with van der Waals surface area (Å²) in [5.74, 6) is 1.21. The highest BCUT2D eigenvalue weighted by atomic mass is 35.5. The van der Waals surface area contributed by atoms with Crippen LogP contribution in [0.4, 0.5) is 0 Å². The molecule has 0 atom stereocenters. The van der Waals surface area contributed by atoms with Gasteiger partial charge < -0.3 is 4.74 Å². The lowest BCUT2D eigenvalue weighted by atomic mass is 10.3. The molecule has 0 fully saturated rings. The molecule has 0 bridgehead atoms. The molecule has 0 unspecified atom stereocenters. The second-order valence-electron chi connectivity index (χ2n) is 1.82. The second-order valence-corrected chi connectivity index (χ2v) is 2.09. The summed E-state index contributed by atoms with van der Waals surface area (Å²) in [7, 11) is 1.60. The summed E-state index contributed by atoms with van der Waals surface area (Å²) in [4.78, 5) is 3.88. The van der Waals surface area contributed by atoms with Crippen molar-refractivity contribution in [3.05, 3.63) is 24.0 Å². The van der Waals surface area contributed by atoms with Crippen LogP contribution < -0.4 is 4.74 Å². The van der Waals surface area contributed by atoms with Gasteiger partial charge in [-0.05, 0) is 6.07 Å². The molecule has 0 aliphatic carbocycles. The van der Waals surface area contributed by atoms with Crippen LogP contribution in [-0.4, -0.2) is 12.1 Å². The molecule has 1 aromatic rings. The number of methoxy groups -OCH3 is 1. The average Bonchev–Trinajstić information content (AvgIpc) is 2.04. The molecule has 62 valence electrons. The van der Waals surface area contributed by atoms with Gasteiger partial charge in [-0.3, -0.25) is 4.98 Å². The van der Waals surface area contributed by atoms with Crippen molar-refractivity contribution in [1.29, 1.82) is 0 Å². The van der Waals surface area contributed by atoms with Crippen LogP contribution >= 0.6 is 24.0 Å². The van der Waals surface area contributed by atoms with Gasteiger partial charge in [0.15, 0.2) is 0 Å². The summed E-state index contributed by atoms with van der Waals surface area (Å²) in [6.45, 7) is 0. The van der Waals surface area contributed by atoms with Gasteiger partial charge in [-0.1, -0.05) is 0 Å². The van der Waals surface area contributed by atoms with Gasteiger partial charge in [0.05, 0.1) is 19.2 Å². The standard InChI is InChI=1S/C7H8ClNO.ClH/c1-10-7-5-9-3-2-6(7)4-8;/h2-3,5H,4H2,1H3;1H. The largest absolute Gasteiger partial charge is 0.495 e.